The lowest BCUT2D eigenvalue weighted by Crippen LogP contribution is -2.28. The summed E-state index contributed by atoms with van der Waals surface area (Å²) >= 11 is 0. The first-order valence-electron chi connectivity index (χ1n) is 8.69. The van der Waals surface area contributed by atoms with Gasteiger partial charge in [0.1, 0.15) is 0 Å². The van der Waals surface area contributed by atoms with Gasteiger partial charge in [0, 0.05) is 36.6 Å². The quantitative estimate of drug-likeness (QED) is 0.772. The van der Waals surface area contributed by atoms with Crippen molar-refractivity contribution in [2.24, 2.45) is 0 Å². The summed E-state index contributed by atoms with van der Waals surface area (Å²) in [6.45, 7) is 1.70. The van der Waals surface area contributed by atoms with E-state index < -0.39 is 0 Å². The van der Waals surface area contributed by atoms with Gasteiger partial charge in [0.15, 0.2) is 0 Å². The molecule has 24 heavy (non-hydrogen) atoms. The second-order valence-corrected chi connectivity index (χ2v) is 6.62. The minimum atomic E-state index is 0.275. The number of aryl methyl sites for hydroxylation is 1. The third kappa shape index (κ3) is 3.07. The van der Waals surface area contributed by atoms with Crippen molar-refractivity contribution in [1.82, 2.24) is 9.88 Å². The molecule has 1 amide bonds. The van der Waals surface area contributed by atoms with E-state index in [1.807, 2.05) is 23.1 Å². The number of fused-ring (bicyclic) bond motifs is 1. The number of rotatable bonds is 4. The van der Waals surface area contributed by atoms with Gasteiger partial charge in [0.2, 0.25) is 5.91 Å². The molecule has 122 valence electrons. The maximum absolute atomic E-state index is 12.5. The summed E-state index contributed by atoms with van der Waals surface area (Å²) in [7, 11) is 0. The van der Waals surface area contributed by atoms with Crippen LogP contribution < -0.4 is 0 Å². The lowest BCUT2D eigenvalue weighted by molar-refractivity contribution is -0.130. The van der Waals surface area contributed by atoms with E-state index in [1.165, 1.54) is 22.2 Å². The molecule has 1 N–H and O–H groups in total. The van der Waals surface area contributed by atoms with E-state index in [0.717, 1.165) is 25.9 Å². The van der Waals surface area contributed by atoms with E-state index in [-0.39, 0.29) is 5.91 Å². The van der Waals surface area contributed by atoms with E-state index in [2.05, 4.69) is 47.4 Å². The molecule has 1 atom stereocenters. The summed E-state index contributed by atoms with van der Waals surface area (Å²) in [6, 6.07) is 20.8. The Morgan fingerprint density at radius 3 is 2.71 bits per heavy atom. The highest BCUT2D eigenvalue weighted by atomic mass is 16.2. The molecule has 1 aliphatic heterocycles. The van der Waals surface area contributed by atoms with Crippen molar-refractivity contribution >= 4 is 16.8 Å². The molecule has 0 radical (unpaired) electrons. The molecule has 0 bridgehead atoms. The zero-order valence-electron chi connectivity index (χ0n) is 13.7. The molecule has 1 saturated heterocycles. The van der Waals surface area contributed by atoms with E-state index in [1.54, 1.807) is 0 Å². The molecule has 3 nitrogen and oxygen atoms in total. The van der Waals surface area contributed by atoms with Crippen LogP contribution in [0.15, 0.2) is 60.7 Å². The average molecular weight is 318 g/mol. The summed E-state index contributed by atoms with van der Waals surface area (Å²) in [5.74, 6) is 0.704. The Bertz CT molecular complexity index is 804. The van der Waals surface area contributed by atoms with Crippen molar-refractivity contribution in [3.05, 3.63) is 71.9 Å². The van der Waals surface area contributed by atoms with Crippen LogP contribution in [0.3, 0.4) is 0 Å². The number of amides is 1. The van der Waals surface area contributed by atoms with E-state index in [4.69, 9.17) is 0 Å². The summed E-state index contributed by atoms with van der Waals surface area (Å²) in [5.41, 5.74) is 3.67. The lowest BCUT2D eigenvalue weighted by atomic mass is 10.1. The van der Waals surface area contributed by atoms with Gasteiger partial charge in [-0.2, -0.15) is 0 Å². The Hall–Kier alpha value is -2.55. The monoisotopic (exact) mass is 318 g/mol. The Kier molecular flexibility index (Phi) is 4.08. The third-order valence-corrected chi connectivity index (χ3v) is 5.00. The molecular weight excluding hydrogens is 296 g/mol. The van der Waals surface area contributed by atoms with Crippen LogP contribution in [0.25, 0.3) is 10.9 Å². The Morgan fingerprint density at radius 2 is 1.88 bits per heavy atom. The van der Waals surface area contributed by atoms with Crippen LogP contribution in [0.1, 0.15) is 30.0 Å². The molecule has 0 spiro atoms. The van der Waals surface area contributed by atoms with Gasteiger partial charge in [-0.1, -0.05) is 48.5 Å². The number of carbonyl (C=O) groups excluding carboxylic acids is 1. The van der Waals surface area contributed by atoms with Gasteiger partial charge < -0.3 is 9.88 Å². The number of likely N-dealkylation sites (tertiary alicyclic amines) is 1. The smallest absolute Gasteiger partial charge is 0.222 e. The number of aromatic amines is 1. The second kappa shape index (κ2) is 6.52. The van der Waals surface area contributed by atoms with Crippen LogP contribution in [0.4, 0.5) is 0 Å². The molecule has 0 aliphatic carbocycles. The maximum Gasteiger partial charge on any atom is 0.222 e. The molecule has 3 heteroatoms. The van der Waals surface area contributed by atoms with Crippen LogP contribution in [0.2, 0.25) is 0 Å². The number of carbonyl (C=O) groups is 1. The zero-order chi connectivity index (χ0) is 16.4. The van der Waals surface area contributed by atoms with Gasteiger partial charge >= 0.3 is 0 Å². The largest absolute Gasteiger partial charge is 0.358 e. The van der Waals surface area contributed by atoms with Crippen molar-refractivity contribution in [3.8, 4) is 0 Å². The SMILES string of the molecule is O=C(CCc1ccccc1)N1CCC(c2cc3ccccc3[nH]2)C1. The van der Waals surface area contributed by atoms with Crippen molar-refractivity contribution < 1.29 is 4.79 Å². The molecule has 3 aromatic rings. The fourth-order valence-electron chi connectivity index (χ4n) is 3.61. The van der Waals surface area contributed by atoms with Crippen LogP contribution in [0, 0.1) is 0 Å². The van der Waals surface area contributed by atoms with E-state index in [0.29, 0.717) is 12.3 Å². The maximum atomic E-state index is 12.5. The highest BCUT2D eigenvalue weighted by molar-refractivity contribution is 5.80. The number of hydrogen-bond acceptors (Lipinski definition) is 1. The first-order chi connectivity index (χ1) is 11.8. The topological polar surface area (TPSA) is 36.1 Å². The molecule has 0 saturated carbocycles. The Labute approximate surface area is 142 Å². The van der Waals surface area contributed by atoms with Crippen molar-refractivity contribution in [2.45, 2.75) is 25.2 Å². The van der Waals surface area contributed by atoms with Crippen molar-refractivity contribution in [1.29, 1.82) is 0 Å². The summed E-state index contributed by atoms with van der Waals surface area (Å²) in [5, 5.41) is 1.25. The number of hydrogen-bond donors (Lipinski definition) is 1. The van der Waals surface area contributed by atoms with E-state index >= 15 is 0 Å². The number of nitrogens with one attached hydrogen (secondary N) is 1. The fraction of sp³-hybridized carbons (Fsp3) is 0.286. The van der Waals surface area contributed by atoms with Crippen LogP contribution in [-0.4, -0.2) is 28.9 Å². The van der Waals surface area contributed by atoms with Crippen molar-refractivity contribution in [2.75, 3.05) is 13.1 Å². The zero-order valence-corrected chi connectivity index (χ0v) is 13.7. The number of benzene rings is 2. The highest BCUT2D eigenvalue weighted by Gasteiger charge is 2.27. The van der Waals surface area contributed by atoms with Crippen LogP contribution in [-0.2, 0) is 11.2 Å². The second-order valence-electron chi connectivity index (χ2n) is 6.62. The predicted molar refractivity (Wildman–Crippen MR) is 97.0 cm³/mol. The molecular formula is C21H22N2O. The van der Waals surface area contributed by atoms with E-state index in [9.17, 15) is 4.79 Å². The summed E-state index contributed by atoms with van der Waals surface area (Å²) in [4.78, 5) is 18.0. The summed E-state index contributed by atoms with van der Waals surface area (Å²) < 4.78 is 0. The molecule has 1 unspecified atom stereocenters. The third-order valence-electron chi connectivity index (χ3n) is 5.00. The molecule has 1 fully saturated rings. The first-order valence-corrected chi connectivity index (χ1v) is 8.69. The standard InChI is InChI=1S/C21H22N2O/c24-21(11-10-16-6-2-1-3-7-16)23-13-12-18(15-23)20-14-17-8-4-5-9-19(17)22-20/h1-9,14,18,22H,10-13,15H2. The molecule has 1 aromatic heterocycles. The van der Waals surface area contributed by atoms with Gasteiger partial charge in [0.05, 0.1) is 0 Å². The van der Waals surface area contributed by atoms with Gasteiger partial charge in [-0.3, -0.25) is 4.79 Å². The molecule has 1 aliphatic rings. The number of para-hydroxylation sites is 1. The molecule has 2 heterocycles. The highest BCUT2D eigenvalue weighted by Crippen LogP contribution is 2.29. The van der Waals surface area contributed by atoms with Crippen molar-refractivity contribution in [3.63, 3.8) is 0 Å². The van der Waals surface area contributed by atoms with Gasteiger partial charge in [-0.15, -0.1) is 0 Å². The van der Waals surface area contributed by atoms with Gasteiger partial charge in [-0.25, -0.2) is 0 Å². The minimum Gasteiger partial charge on any atom is -0.358 e. The minimum absolute atomic E-state index is 0.275. The number of aromatic nitrogens is 1. The Morgan fingerprint density at radius 1 is 1.08 bits per heavy atom. The van der Waals surface area contributed by atoms with Crippen LogP contribution in [0.5, 0.6) is 0 Å². The lowest BCUT2D eigenvalue weighted by Gasteiger charge is -2.16. The molecule has 4 rings (SSSR count). The van der Waals surface area contributed by atoms with Gasteiger partial charge in [0.25, 0.3) is 0 Å². The average Bonchev–Trinajstić information content (AvgIpc) is 3.27. The summed E-state index contributed by atoms with van der Waals surface area (Å²) in [6.07, 6.45) is 2.47. The van der Waals surface area contributed by atoms with Gasteiger partial charge in [-0.05, 0) is 35.9 Å². The number of H-pyrrole nitrogens is 1. The normalized spacial score (nSPS) is 17.5. The Balaban J connectivity index is 1.38. The van der Waals surface area contributed by atoms with Crippen LogP contribution >= 0.6 is 0 Å². The molecule has 2 aromatic carbocycles. The number of nitrogens with zero attached hydrogens (tertiary/aromatic N) is 1. The fourth-order valence-corrected chi connectivity index (χ4v) is 3.61. The predicted octanol–water partition coefficient (Wildman–Crippen LogP) is 4.12. The first kappa shape index (κ1) is 15.0.